The molecule has 0 aliphatic rings. The summed E-state index contributed by atoms with van der Waals surface area (Å²) in [7, 11) is 0. The second-order valence-electron chi connectivity index (χ2n) is 13.9. The number of amides is 2. The first-order valence-electron chi connectivity index (χ1n) is 19.2. The molecule has 0 aromatic heterocycles. The van der Waals surface area contributed by atoms with E-state index in [1.165, 1.54) is 0 Å². The number of aliphatic hydroxyl groups excluding tert-OH is 2. The number of hydrogen-bond donors (Lipinski definition) is 4. The lowest BCUT2D eigenvalue weighted by atomic mass is 9.91. The van der Waals surface area contributed by atoms with Crippen LogP contribution in [0, 0.1) is 0 Å². The highest BCUT2D eigenvalue weighted by molar-refractivity contribution is 5.68. The molecule has 0 saturated heterocycles. The second kappa shape index (κ2) is 21.6. The molecule has 0 aliphatic carbocycles. The van der Waals surface area contributed by atoms with Crippen LogP contribution in [0.25, 0.3) is 0 Å². The number of hydrogen-bond acceptors (Lipinski definition) is 8. The summed E-state index contributed by atoms with van der Waals surface area (Å²) < 4.78 is 22.9. The molecule has 10 nitrogen and oxygen atoms in total. The van der Waals surface area contributed by atoms with Gasteiger partial charge in [-0.05, 0) is 70.5 Å². The first-order chi connectivity index (χ1) is 28.4. The monoisotopic (exact) mass is 780 g/mol. The van der Waals surface area contributed by atoms with E-state index in [1.807, 2.05) is 170 Å². The van der Waals surface area contributed by atoms with E-state index >= 15 is 0 Å². The highest BCUT2D eigenvalue weighted by Crippen LogP contribution is 2.21. The molecule has 0 radical (unpaired) electrons. The molecule has 4 N–H and O–H groups in total. The summed E-state index contributed by atoms with van der Waals surface area (Å²) in [5.41, 5.74) is 5.14. The lowest BCUT2D eigenvalue weighted by Gasteiger charge is -2.32. The van der Waals surface area contributed by atoms with Crippen molar-refractivity contribution in [3.05, 3.63) is 203 Å². The normalized spacial score (nSPS) is 12.9. The van der Waals surface area contributed by atoms with E-state index < -0.39 is 36.5 Å². The zero-order valence-electron chi connectivity index (χ0n) is 32.1. The highest BCUT2D eigenvalue weighted by Gasteiger charge is 2.35. The van der Waals surface area contributed by atoms with Crippen molar-refractivity contribution < 1.29 is 38.7 Å². The molecule has 0 bridgehead atoms. The fraction of sp³-hybridized carbons (Fsp3) is 0.208. The van der Waals surface area contributed by atoms with Crippen molar-refractivity contribution in [1.82, 2.24) is 10.6 Å². The van der Waals surface area contributed by atoms with E-state index in [4.69, 9.17) is 18.9 Å². The summed E-state index contributed by atoms with van der Waals surface area (Å²) in [4.78, 5) is 26.4. The van der Waals surface area contributed by atoms with Crippen LogP contribution < -0.4 is 20.1 Å². The number of carbonyl (C=O) groups excluding carboxylic acids is 2. The molecule has 0 heterocycles. The van der Waals surface area contributed by atoms with Crippen LogP contribution in [0.5, 0.6) is 11.5 Å². The van der Waals surface area contributed by atoms with Crippen LogP contribution in [0.2, 0.25) is 0 Å². The molecule has 0 aliphatic heterocycles. The molecule has 6 rings (SSSR count). The lowest BCUT2D eigenvalue weighted by molar-refractivity contribution is -0.0240. The van der Waals surface area contributed by atoms with Crippen molar-refractivity contribution in [3.63, 3.8) is 0 Å². The number of rotatable bonds is 19. The predicted octanol–water partition coefficient (Wildman–Crippen LogP) is 7.94. The largest absolute Gasteiger partial charge is 0.489 e. The van der Waals surface area contributed by atoms with Crippen molar-refractivity contribution >= 4 is 12.2 Å². The van der Waals surface area contributed by atoms with Crippen molar-refractivity contribution in [2.75, 3.05) is 0 Å². The maximum absolute atomic E-state index is 13.2. The third-order valence-corrected chi connectivity index (χ3v) is 9.46. The van der Waals surface area contributed by atoms with Gasteiger partial charge in [0, 0.05) is 0 Å². The molecule has 6 aromatic carbocycles. The Morgan fingerprint density at radius 1 is 0.397 bits per heavy atom. The van der Waals surface area contributed by atoms with Gasteiger partial charge in [0.1, 0.15) is 50.1 Å². The van der Waals surface area contributed by atoms with Crippen LogP contribution in [0.4, 0.5) is 9.59 Å². The predicted molar refractivity (Wildman–Crippen MR) is 221 cm³/mol. The maximum Gasteiger partial charge on any atom is 0.407 e. The maximum atomic E-state index is 13.2. The van der Waals surface area contributed by atoms with Gasteiger partial charge in [0.2, 0.25) is 0 Å². The van der Waals surface area contributed by atoms with Crippen molar-refractivity contribution in [2.24, 2.45) is 0 Å². The van der Waals surface area contributed by atoms with Gasteiger partial charge in [0.05, 0.1) is 12.1 Å². The first-order valence-corrected chi connectivity index (χ1v) is 19.2. The summed E-state index contributed by atoms with van der Waals surface area (Å²) >= 11 is 0. The van der Waals surface area contributed by atoms with Crippen LogP contribution in [0.15, 0.2) is 170 Å². The topological polar surface area (TPSA) is 136 Å². The third kappa shape index (κ3) is 13.3. The molecule has 0 unspecified atom stereocenters. The van der Waals surface area contributed by atoms with Gasteiger partial charge in [0.15, 0.2) is 0 Å². The van der Waals surface area contributed by atoms with Crippen molar-refractivity contribution in [1.29, 1.82) is 0 Å². The van der Waals surface area contributed by atoms with Crippen LogP contribution in [0.1, 0.15) is 33.4 Å². The smallest absolute Gasteiger partial charge is 0.407 e. The van der Waals surface area contributed by atoms with E-state index in [2.05, 4.69) is 10.6 Å². The van der Waals surface area contributed by atoms with Crippen molar-refractivity contribution in [3.8, 4) is 11.5 Å². The zero-order valence-corrected chi connectivity index (χ0v) is 32.1. The van der Waals surface area contributed by atoms with Crippen LogP contribution in [-0.4, -0.2) is 46.7 Å². The van der Waals surface area contributed by atoms with Crippen LogP contribution in [-0.2, 0) is 48.7 Å². The molecular weight excluding hydrogens is 733 g/mol. The molecule has 0 saturated carbocycles. The Morgan fingerprint density at radius 3 is 1.00 bits per heavy atom. The van der Waals surface area contributed by atoms with Gasteiger partial charge in [-0.15, -0.1) is 0 Å². The van der Waals surface area contributed by atoms with Gasteiger partial charge >= 0.3 is 12.2 Å². The van der Waals surface area contributed by atoms with Crippen molar-refractivity contribution in [2.45, 2.75) is 63.6 Å². The molecule has 2 amide bonds. The fourth-order valence-electron chi connectivity index (χ4n) is 6.26. The Hall–Kier alpha value is -6.62. The van der Waals surface area contributed by atoms with Gasteiger partial charge in [-0.1, -0.05) is 146 Å². The van der Waals surface area contributed by atoms with Crippen LogP contribution in [0.3, 0.4) is 0 Å². The average molecular weight is 781 g/mol. The van der Waals surface area contributed by atoms with E-state index in [9.17, 15) is 19.8 Å². The van der Waals surface area contributed by atoms with Gasteiger partial charge < -0.3 is 39.8 Å². The summed E-state index contributed by atoms with van der Waals surface area (Å²) in [6, 6.07) is 50.6. The quantitative estimate of drug-likeness (QED) is 0.0651. The Kier molecular flexibility index (Phi) is 15.3. The summed E-state index contributed by atoms with van der Waals surface area (Å²) in [5.74, 6) is 1.30. The Labute approximate surface area is 339 Å². The molecule has 4 atom stereocenters. The molecular formula is C48H48N2O8. The Bertz CT molecular complexity index is 1950. The molecule has 10 heteroatoms. The summed E-state index contributed by atoms with van der Waals surface area (Å²) in [6.45, 7) is 0.810. The molecule has 58 heavy (non-hydrogen) atoms. The Morgan fingerprint density at radius 2 is 0.690 bits per heavy atom. The number of carbonyl (C=O) groups is 2. The van der Waals surface area contributed by atoms with E-state index in [1.54, 1.807) is 0 Å². The number of alkyl carbamates (subject to hydrolysis) is 2. The van der Waals surface area contributed by atoms with Gasteiger partial charge in [-0.2, -0.15) is 0 Å². The minimum atomic E-state index is -1.56. The van der Waals surface area contributed by atoms with Gasteiger partial charge in [0.25, 0.3) is 0 Å². The van der Waals surface area contributed by atoms with E-state index in [0.29, 0.717) is 24.7 Å². The van der Waals surface area contributed by atoms with Crippen LogP contribution >= 0.6 is 0 Å². The zero-order chi connectivity index (χ0) is 40.4. The standard InChI is InChI=1S/C48H48N2O8/c51-45(43(49-47(53)57-33-39-17-9-3-10-18-39)29-35-21-25-41(26-22-35)55-31-37-13-5-1-6-14-37)46(52)44(50-48(54)58-34-40-19-11-4-12-20-40)30-36-23-27-42(28-24-36)56-32-38-15-7-2-8-16-38/h1-28,43-46,51-52H,29-34H2,(H,49,53)(H,50,54)/t43-,44-,45+,46+/m0/s1. The molecule has 0 fully saturated rings. The lowest BCUT2D eigenvalue weighted by Crippen LogP contribution is -2.57. The number of nitrogens with one attached hydrogen (secondary N) is 2. The molecule has 298 valence electrons. The second-order valence-corrected chi connectivity index (χ2v) is 13.9. The van der Waals surface area contributed by atoms with Gasteiger partial charge in [-0.3, -0.25) is 0 Å². The third-order valence-electron chi connectivity index (χ3n) is 9.46. The first kappa shape index (κ1) is 41.0. The number of benzene rings is 6. The molecule has 0 spiro atoms. The Balaban J connectivity index is 1.17. The SMILES string of the molecule is O=C(N[C@@H](Cc1ccc(OCc2ccccc2)cc1)[C@@H](O)[C@H](O)[C@H](Cc1ccc(OCc2ccccc2)cc1)NC(=O)OCc1ccccc1)OCc1ccccc1. The fourth-order valence-corrected chi connectivity index (χ4v) is 6.26. The minimum Gasteiger partial charge on any atom is -0.489 e. The molecule has 6 aromatic rings. The minimum absolute atomic E-state index is 0.00792. The van der Waals surface area contributed by atoms with E-state index in [-0.39, 0.29) is 26.1 Å². The summed E-state index contributed by atoms with van der Waals surface area (Å²) in [6.07, 6.45) is -4.44. The number of aliphatic hydroxyl groups is 2. The van der Waals surface area contributed by atoms with E-state index in [0.717, 1.165) is 33.4 Å². The summed E-state index contributed by atoms with van der Waals surface area (Å²) in [5, 5.41) is 29.3. The van der Waals surface area contributed by atoms with Gasteiger partial charge in [-0.25, -0.2) is 9.59 Å². The average Bonchev–Trinajstić information content (AvgIpc) is 3.27. The highest BCUT2D eigenvalue weighted by atomic mass is 16.6. The number of ether oxygens (including phenoxy) is 4.